The zero-order valence-corrected chi connectivity index (χ0v) is 9.92. The molecule has 0 aliphatic carbocycles. The largest absolute Gasteiger partial charge is 0.394 e. The van der Waals surface area contributed by atoms with Gasteiger partial charge in [0.05, 0.1) is 37.6 Å². The molecule has 0 fully saturated rings. The fourth-order valence-corrected chi connectivity index (χ4v) is 0.430. The van der Waals surface area contributed by atoms with Crippen molar-refractivity contribution in [1.29, 1.82) is 0 Å². The maximum atomic E-state index is 8.93. The van der Waals surface area contributed by atoms with Crippen molar-refractivity contribution in [2.45, 2.75) is 52.1 Å². The van der Waals surface area contributed by atoms with Gasteiger partial charge in [-0.15, -0.1) is 0 Å². The molecule has 0 aromatic heterocycles. The molecule has 0 saturated heterocycles. The number of ether oxygens (including phenoxy) is 1. The van der Waals surface area contributed by atoms with E-state index in [1.165, 1.54) is 6.92 Å². The van der Waals surface area contributed by atoms with Crippen LogP contribution in [0.25, 0.3) is 0 Å². The molecule has 0 aromatic rings. The van der Waals surface area contributed by atoms with E-state index in [1.807, 2.05) is 0 Å². The number of aliphatic hydroxyl groups is 4. The van der Waals surface area contributed by atoms with Crippen molar-refractivity contribution in [1.82, 2.24) is 0 Å². The summed E-state index contributed by atoms with van der Waals surface area (Å²) < 4.78 is 5.06. The molecule has 0 saturated carbocycles. The van der Waals surface area contributed by atoms with Crippen molar-refractivity contribution in [3.8, 4) is 0 Å². The molecule has 0 aromatic carbocycles. The molecular formula is C10H24O5. The van der Waals surface area contributed by atoms with Crippen molar-refractivity contribution >= 4 is 0 Å². The maximum absolute atomic E-state index is 8.93. The van der Waals surface area contributed by atoms with E-state index in [-0.39, 0.29) is 19.3 Å². The molecule has 4 atom stereocenters. The molecule has 15 heavy (non-hydrogen) atoms. The first-order chi connectivity index (χ1) is 6.81. The van der Waals surface area contributed by atoms with Gasteiger partial charge in [-0.25, -0.2) is 0 Å². The molecule has 0 bridgehead atoms. The Balaban J connectivity index is 0. The molecule has 5 heteroatoms. The second-order valence-corrected chi connectivity index (χ2v) is 3.66. The third kappa shape index (κ3) is 16.5. The van der Waals surface area contributed by atoms with Crippen LogP contribution in [0, 0.1) is 0 Å². The van der Waals surface area contributed by atoms with Crippen molar-refractivity contribution in [3.05, 3.63) is 0 Å². The minimum atomic E-state index is -0.560. The first kappa shape index (κ1) is 17.2. The van der Waals surface area contributed by atoms with Gasteiger partial charge in [0.15, 0.2) is 0 Å². The lowest BCUT2D eigenvalue weighted by molar-refractivity contribution is -0.0476. The molecule has 0 radical (unpaired) electrons. The van der Waals surface area contributed by atoms with Gasteiger partial charge in [0, 0.05) is 0 Å². The van der Waals surface area contributed by atoms with Crippen molar-refractivity contribution < 1.29 is 25.2 Å². The smallest absolute Gasteiger partial charge is 0.0804 e. The summed E-state index contributed by atoms with van der Waals surface area (Å²) in [5.74, 6) is 0. The highest BCUT2D eigenvalue weighted by Gasteiger charge is 2.09. The lowest BCUT2D eigenvalue weighted by atomic mass is 10.2. The Bertz CT molecular complexity index is 125. The van der Waals surface area contributed by atoms with Crippen LogP contribution in [0.5, 0.6) is 0 Å². The van der Waals surface area contributed by atoms with Crippen LogP contribution in [0.2, 0.25) is 0 Å². The number of rotatable bonds is 5. The Morgan fingerprint density at radius 3 is 1.53 bits per heavy atom. The van der Waals surface area contributed by atoms with Crippen molar-refractivity contribution in [2.75, 3.05) is 13.2 Å². The van der Waals surface area contributed by atoms with Crippen molar-refractivity contribution in [2.24, 2.45) is 0 Å². The van der Waals surface area contributed by atoms with Crippen LogP contribution in [0.1, 0.15) is 27.7 Å². The molecule has 0 spiro atoms. The molecular weight excluding hydrogens is 200 g/mol. The third-order valence-electron chi connectivity index (χ3n) is 1.54. The zero-order valence-electron chi connectivity index (χ0n) is 9.92. The molecule has 0 amide bonds. The van der Waals surface area contributed by atoms with Crippen molar-refractivity contribution in [3.63, 3.8) is 0 Å². The van der Waals surface area contributed by atoms with E-state index >= 15 is 0 Å². The zero-order chi connectivity index (χ0) is 12.4. The summed E-state index contributed by atoms with van der Waals surface area (Å²) in [5, 5.41) is 33.7. The number of aliphatic hydroxyl groups excluding tert-OH is 4. The Hall–Kier alpha value is -0.200. The van der Waals surface area contributed by atoms with Gasteiger partial charge in [0.1, 0.15) is 0 Å². The molecule has 0 rings (SSSR count). The monoisotopic (exact) mass is 224 g/mol. The minimum absolute atomic E-state index is 0.139. The first-order valence-corrected chi connectivity index (χ1v) is 5.07. The Kier molecular flexibility index (Phi) is 11.8. The number of hydrogen-bond donors (Lipinski definition) is 4. The van der Waals surface area contributed by atoms with E-state index in [0.29, 0.717) is 0 Å². The fraction of sp³-hybridized carbons (Fsp3) is 1.00. The first-order valence-electron chi connectivity index (χ1n) is 5.07. The van der Waals surface area contributed by atoms with Gasteiger partial charge in [-0.3, -0.25) is 0 Å². The summed E-state index contributed by atoms with van der Waals surface area (Å²) in [6, 6.07) is 0. The van der Waals surface area contributed by atoms with Crippen LogP contribution in [-0.4, -0.2) is 58.1 Å². The topological polar surface area (TPSA) is 90.2 Å². The van der Waals surface area contributed by atoms with Gasteiger partial charge in [0.2, 0.25) is 0 Å². The summed E-state index contributed by atoms with van der Waals surface area (Å²) in [4.78, 5) is 0. The van der Waals surface area contributed by atoms with Crippen LogP contribution in [-0.2, 0) is 4.74 Å². The molecule has 4 N–H and O–H groups in total. The Labute approximate surface area is 91.3 Å². The molecule has 0 aliphatic heterocycles. The average molecular weight is 224 g/mol. The van der Waals surface area contributed by atoms with Gasteiger partial charge >= 0.3 is 0 Å². The van der Waals surface area contributed by atoms with E-state index in [0.717, 1.165) is 0 Å². The highest BCUT2D eigenvalue weighted by Crippen LogP contribution is 1.97. The average Bonchev–Trinajstić information content (AvgIpc) is 2.14. The molecule has 4 unspecified atom stereocenters. The Morgan fingerprint density at radius 2 is 1.33 bits per heavy atom. The summed E-state index contributed by atoms with van der Waals surface area (Å²) in [6.07, 6.45) is -1.69. The van der Waals surface area contributed by atoms with Gasteiger partial charge in [0.25, 0.3) is 0 Å². The van der Waals surface area contributed by atoms with E-state index in [1.54, 1.807) is 20.8 Å². The summed E-state index contributed by atoms with van der Waals surface area (Å²) in [6.45, 7) is 6.75. The quantitative estimate of drug-likeness (QED) is 0.506. The van der Waals surface area contributed by atoms with E-state index < -0.39 is 18.3 Å². The molecule has 0 aliphatic rings. The lowest BCUT2D eigenvalue weighted by Crippen LogP contribution is -2.26. The second-order valence-electron chi connectivity index (χ2n) is 3.66. The van der Waals surface area contributed by atoms with Crippen LogP contribution >= 0.6 is 0 Å². The van der Waals surface area contributed by atoms with Crippen LogP contribution in [0.4, 0.5) is 0 Å². The van der Waals surface area contributed by atoms with Crippen LogP contribution in [0.15, 0.2) is 0 Å². The summed E-state index contributed by atoms with van der Waals surface area (Å²) >= 11 is 0. The minimum Gasteiger partial charge on any atom is -0.394 e. The van der Waals surface area contributed by atoms with E-state index in [4.69, 9.17) is 25.2 Å². The standard InChI is InChI=1S/C7H16O3.C3H8O2/c1-5(8)4-10-7(3)6(2)9;1-3(5)2-4/h5-9H,4H2,1-3H3;3-5H,2H2,1H3. The number of hydrogen-bond acceptors (Lipinski definition) is 5. The van der Waals surface area contributed by atoms with Gasteiger partial charge in [-0.2, -0.15) is 0 Å². The van der Waals surface area contributed by atoms with E-state index in [9.17, 15) is 0 Å². The normalized spacial score (nSPS) is 18.4. The molecule has 0 heterocycles. The molecule has 94 valence electrons. The van der Waals surface area contributed by atoms with Crippen LogP contribution in [0.3, 0.4) is 0 Å². The highest BCUT2D eigenvalue weighted by molar-refractivity contribution is 4.57. The summed E-state index contributed by atoms with van der Waals surface area (Å²) in [5.41, 5.74) is 0. The van der Waals surface area contributed by atoms with Crippen LogP contribution < -0.4 is 0 Å². The second kappa shape index (κ2) is 10.3. The highest BCUT2D eigenvalue weighted by atomic mass is 16.5. The van der Waals surface area contributed by atoms with Gasteiger partial charge < -0.3 is 25.2 Å². The van der Waals surface area contributed by atoms with Gasteiger partial charge in [-0.1, -0.05) is 0 Å². The van der Waals surface area contributed by atoms with E-state index in [2.05, 4.69) is 0 Å². The predicted octanol–water partition coefficient (Wildman–Crippen LogP) is -0.487. The Morgan fingerprint density at radius 1 is 0.933 bits per heavy atom. The third-order valence-corrected chi connectivity index (χ3v) is 1.54. The predicted molar refractivity (Wildman–Crippen MR) is 57.5 cm³/mol. The van der Waals surface area contributed by atoms with Gasteiger partial charge in [-0.05, 0) is 27.7 Å². The summed E-state index contributed by atoms with van der Waals surface area (Å²) in [7, 11) is 0. The SMILES string of the molecule is CC(O)CO.CC(O)COC(C)C(C)O. The maximum Gasteiger partial charge on any atom is 0.0804 e. The fourth-order valence-electron chi connectivity index (χ4n) is 0.430. The lowest BCUT2D eigenvalue weighted by Gasteiger charge is -2.16. The molecule has 5 nitrogen and oxygen atoms in total.